The second kappa shape index (κ2) is 6.20. The molecule has 1 saturated carbocycles. The van der Waals surface area contributed by atoms with Crippen LogP contribution in [-0.2, 0) is 4.79 Å². The van der Waals surface area contributed by atoms with E-state index in [1.807, 2.05) is 0 Å². The molecule has 0 aliphatic heterocycles. The number of anilines is 1. The standard InChI is InChI=1S/C14H18Cl2N2O2/c15-10-6-9(7-11(16)12(10)19)18-13(20)14(8-17)4-2-1-3-5-14/h6-7,19H,1-5,8,17H2,(H,18,20). The van der Waals surface area contributed by atoms with Gasteiger partial charge in [0.1, 0.15) is 0 Å². The van der Waals surface area contributed by atoms with Gasteiger partial charge in [-0.25, -0.2) is 0 Å². The van der Waals surface area contributed by atoms with Crippen molar-refractivity contribution in [1.29, 1.82) is 0 Å². The Balaban J connectivity index is 2.18. The maximum Gasteiger partial charge on any atom is 0.231 e. The molecule has 0 radical (unpaired) electrons. The average Bonchev–Trinajstić information content (AvgIpc) is 2.45. The molecule has 0 saturated heterocycles. The largest absolute Gasteiger partial charge is 0.505 e. The summed E-state index contributed by atoms with van der Waals surface area (Å²) in [5, 5.41) is 12.5. The summed E-state index contributed by atoms with van der Waals surface area (Å²) in [4.78, 5) is 12.5. The average molecular weight is 317 g/mol. The highest BCUT2D eigenvalue weighted by Crippen LogP contribution is 2.38. The van der Waals surface area contributed by atoms with Gasteiger partial charge in [0.25, 0.3) is 0 Å². The maximum atomic E-state index is 12.5. The number of rotatable bonds is 3. The van der Waals surface area contributed by atoms with E-state index in [0.717, 1.165) is 32.1 Å². The first kappa shape index (κ1) is 15.4. The van der Waals surface area contributed by atoms with Gasteiger partial charge in [-0.3, -0.25) is 4.79 Å². The molecule has 1 aromatic carbocycles. The monoisotopic (exact) mass is 316 g/mol. The fourth-order valence-electron chi connectivity index (χ4n) is 2.65. The van der Waals surface area contributed by atoms with Gasteiger partial charge >= 0.3 is 0 Å². The highest BCUT2D eigenvalue weighted by atomic mass is 35.5. The van der Waals surface area contributed by atoms with Gasteiger partial charge in [-0.2, -0.15) is 0 Å². The summed E-state index contributed by atoms with van der Waals surface area (Å²) in [6.07, 6.45) is 4.78. The number of hydrogen-bond donors (Lipinski definition) is 3. The van der Waals surface area contributed by atoms with Gasteiger partial charge < -0.3 is 16.2 Å². The van der Waals surface area contributed by atoms with Crippen LogP contribution in [0, 0.1) is 5.41 Å². The summed E-state index contributed by atoms with van der Waals surface area (Å²) >= 11 is 11.7. The molecule has 1 aliphatic carbocycles. The molecule has 20 heavy (non-hydrogen) atoms. The second-order valence-corrected chi connectivity index (χ2v) is 6.10. The Labute approximate surface area is 128 Å². The van der Waals surface area contributed by atoms with Crippen molar-refractivity contribution >= 4 is 34.8 Å². The molecule has 0 atom stereocenters. The predicted molar refractivity (Wildman–Crippen MR) is 81.3 cm³/mol. The Bertz CT molecular complexity index is 491. The molecule has 110 valence electrons. The predicted octanol–water partition coefficient (Wildman–Crippen LogP) is 3.55. The number of halogens is 2. The fraction of sp³-hybridized carbons (Fsp3) is 0.500. The molecule has 1 aromatic rings. The van der Waals surface area contributed by atoms with Crippen LogP contribution in [0.3, 0.4) is 0 Å². The van der Waals surface area contributed by atoms with Gasteiger partial charge in [0, 0.05) is 12.2 Å². The first-order chi connectivity index (χ1) is 9.48. The number of aromatic hydroxyl groups is 1. The molecule has 4 nitrogen and oxygen atoms in total. The van der Waals surface area contributed by atoms with E-state index in [9.17, 15) is 9.90 Å². The van der Waals surface area contributed by atoms with E-state index < -0.39 is 5.41 Å². The smallest absolute Gasteiger partial charge is 0.231 e. The molecule has 0 heterocycles. The third kappa shape index (κ3) is 3.03. The van der Waals surface area contributed by atoms with Crippen LogP contribution in [0.15, 0.2) is 12.1 Å². The maximum absolute atomic E-state index is 12.5. The van der Waals surface area contributed by atoms with Crippen LogP contribution in [0.25, 0.3) is 0 Å². The van der Waals surface area contributed by atoms with Crippen molar-refractivity contribution in [3.05, 3.63) is 22.2 Å². The topological polar surface area (TPSA) is 75.4 Å². The molecule has 0 aromatic heterocycles. The first-order valence-electron chi connectivity index (χ1n) is 6.68. The molecular weight excluding hydrogens is 299 g/mol. The van der Waals surface area contributed by atoms with Crippen LogP contribution in [0.2, 0.25) is 10.0 Å². The lowest BCUT2D eigenvalue weighted by Gasteiger charge is -2.34. The van der Waals surface area contributed by atoms with Crippen molar-refractivity contribution in [1.82, 2.24) is 0 Å². The van der Waals surface area contributed by atoms with E-state index in [4.69, 9.17) is 28.9 Å². The Morgan fingerprint density at radius 1 is 1.25 bits per heavy atom. The number of nitrogens with two attached hydrogens (primary N) is 1. The number of nitrogens with one attached hydrogen (secondary N) is 1. The van der Waals surface area contributed by atoms with Crippen molar-refractivity contribution in [2.45, 2.75) is 32.1 Å². The summed E-state index contributed by atoms with van der Waals surface area (Å²) in [6, 6.07) is 2.96. The normalized spacial score (nSPS) is 17.8. The summed E-state index contributed by atoms with van der Waals surface area (Å²) in [7, 11) is 0. The molecule has 0 bridgehead atoms. The van der Waals surface area contributed by atoms with Gasteiger partial charge in [0.05, 0.1) is 15.5 Å². The molecule has 0 unspecified atom stereocenters. The number of carbonyl (C=O) groups is 1. The van der Waals surface area contributed by atoms with Crippen molar-refractivity contribution < 1.29 is 9.90 Å². The Kier molecular flexibility index (Phi) is 4.78. The van der Waals surface area contributed by atoms with Crippen LogP contribution < -0.4 is 11.1 Å². The minimum atomic E-state index is -0.505. The highest BCUT2D eigenvalue weighted by Gasteiger charge is 2.38. The summed E-state index contributed by atoms with van der Waals surface area (Å²) in [6.45, 7) is 0.332. The van der Waals surface area contributed by atoms with Crippen LogP contribution in [0.1, 0.15) is 32.1 Å². The minimum Gasteiger partial charge on any atom is -0.505 e. The molecule has 4 N–H and O–H groups in total. The van der Waals surface area contributed by atoms with Crippen molar-refractivity contribution in [3.63, 3.8) is 0 Å². The lowest BCUT2D eigenvalue weighted by Crippen LogP contribution is -2.43. The zero-order valence-corrected chi connectivity index (χ0v) is 12.6. The molecule has 1 aliphatic rings. The molecule has 6 heteroatoms. The summed E-state index contributed by atoms with van der Waals surface area (Å²) in [5.74, 6) is -0.282. The Hall–Kier alpha value is -0.970. The van der Waals surface area contributed by atoms with E-state index >= 15 is 0 Å². The number of phenols is 1. The number of phenolic OH excluding ortho intramolecular Hbond substituents is 1. The lowest BCUT2D eigenvalue weighted by molar-refractivity contribution is -0.126. The van der Waals surface area contributed by atoms with Crippen molar-refractivity contribution in [2.75, 3.05) is 11.9 Å². The number of benzene rings is 1. The van der Waals surface area contributed by atoms with E-state index in [-0.39, 0.29) is 21.7 Å². The number of hydrogen-bond acceptors (Lipinski definition) is 3. The Morgan fingerprint density at radius 2 is 1.80 bits per heavy atom. The number of amides is 1. The SMILES string of the molecule is NCC1(C(=O)Nc2cc(Cl)c(O)c(Cl)c2)CCCCC1. The molecular formula is C14H18Cl2N2O2. The first-order valence-corrected chi connectivity index (χ1v) is 7.44. The fourth-order valence-corrected chi connectivity index (χ4v) is 3.14. The lowest BCUT2D eigenvalue weighted by atomic mass is 9.73. The Morgan fingerprint density at radius 3 is 2.30 bits per heavy atom. The van der Waals surface area contributed by atoms with Crippen LogP contribution in [0.4, 0.5) is 5.69 Å². The van der Waals surface area contributed by atoms with Crippen LogP contribution in [0.5, 0.6) is 5.75 Å². The molecule has 1 amide bonds. The minimum absolute atomic E-state index is 0.0995. The second-order valence-electron chi connectivity index (χ2n) is 5.29. The van der Waals surface area contributed by atoms with Gasteiger partial charge in [0.2, 0.25) is 5.91 Å². The number of carbonyl (C=O) groups excluding carboxylic acids is 1. The van der Waals surface area contributed by atoms with E-state index in [2.05, 4.69) is 5.32 Å². The van der Waals surface area contributed by atoms with Gasteiger partial charge in [-0.15, -0.1) is 0 Å². The quantitative estimate of drug-likeness (QED) is 0.746. The van der Waals surface area contributed by atoms with E-state index in [0.29, 0.717) is 12.2 Å². The zero-order valence-electron chi connectivity index (χ0n) is 11.1. The molecule has 2 rings (SSSR count). The van der Waals surface area contributed by atoms with E-state index in [1.165, 1.54) is 12.1 Å². The van der Waals surface area contributed by atoms with Gasteiger partial charge in [-0.05, 0) is 25.0 Å². The van der Waals surface area contributed by atoms with Crippen molar-refractivity contribution in [3.8, 4) is 5.75 Å². The zero-order chi connectivity index (χ0) is 14.8. The molecule has 1 fully saturated rings. The van der Waals surface area contributed by atoms with Crippen molar-refractivity contribution in [2.24, 2.45) is 11.1 Å². The van der Waals surface area contributed by atoms with Crippen LogP contribution in [-0.4, -0.2) is 17.6 Å². The van der Waals surface area contributed by atoms with Crippen LogP contribution >= 0.6 is 23.2 Å². The summed E-state index contributed by atoms with van der Waals surface area (Å²) in [5.41, 5.74) is 5.79. The van der Waals surface area contributed by atoms with E-state index in [1.54, 1.807) is 0 Å². The third-order valence-electron chi connectivity index (χ3n) is 3.96. The third-order valence-corrected chi connectivity index (χ3v) is 4.53. The van der Waals surface area contributed by atoms with Gasteiger partial charge in [0.15, 0.2) is 5.75 Å². The van der Waals surface area contributed by atoms with Gasteiger partial charge in [-0.1, -0.05) is 42.5 Å². The molecule has 0 spiro atoms. The highest BCUT2D eigenvalue weighted by molar-refractivity contribution is 6.37. The summed E-state index contributed by atoms with van der Waals surface area (Å²) < 4.78 is 0.